The van der Waals surface area contributed by atoms with Gasteiger partial charge in [-0.05, 0) is 55.8 Å². The number of nitrogens with one attached hydrogen (secondary N) is 1. The highest BCUT2D eigenvalue weighted by Gasteiger charge is 2.23. The summed E-state index contributed by atoms with van der Waals surface area (Å²) in [6.45, 7) is 2.75. The molecule has 0 aliphatic carbocycles. The van der Waals surface area contributed by atoms with Gasteiger partial charge in [0.05, 0.1) is 32.5 Å². The molecule has 2 aromatic rings. The Labute approximate surface area is 161 Å². The van der Waals surface area contributed by atoms with Gasteiger partial charge in [0.2, 0.25) is 0 Å². The summed E-state index contributed by atoms with van der Waals surface area (Å²) in [7, 11) is 3.33. The van der Waals surface area contributed by atoms with E-state index in [2.05, 4.69) is 27.3 Å². The highest BCUT2D eigenvalue weighted by Crippen LogP contribution is 2.28. The van der Waals surface area contributed by atoms with E-state index >= 15 is 0 Å². The molecular formula is C21H28N4O2. The third-order valence-corrected chi connectivity index (χ3v) is 4.86. The van der Waals surface area contributed by atoms with E-state index < -0.39 is 0 Å². The van der Waals surface area contributed by atoms with E-state index in [1.807, 2.05) is 36.4 Å². The van der Waals surface area contributed by atoms with Crippen molar-refractivity contribution in [2.45, 2.75) is 18.9 Å². The largest absolute Gasteiger partial charge is 0.497 e. The summed E-state index contributed by atoms with van der Waals surface area (Å²) in [5.41, 5.74) is 8.16. The summed E-state index contributed by atoms with van der Waals surface area (Å²) in [6.07, 6.45) is 2.44. The average molecular weight is 368 g/mol. The zero-order valence-corrected chi connectivity index (χ0v) is 16.0. The molecule has 0 saturated carbocycles. The van der Waals surface area contributed by atoms with Gasteiger partial charge in [0, 0.05) is 0 Å². The fourth-order valence-electron chi connectivity index (χ4n) is 3.44. The Balaban J connectivity index is 1.76. The van der Waals surface area contributed by atoms with Crippen LogP contribution in [-0.2, 0) is 0 Å². The van der Waals surface area contributed by atoms with Crippen LogP contribution in [0.4, 0.5) is 5.69 Å². The van der Waals surface area contributed by atoms with Crippen molar-refractivity contribution in [3.63, 3.8) is 0 Å². The predicted octanol–water partition coefficient (Wildman–Crippen LogP) is 3.27. The van der Waals surface area contributed by atoms with E-state index in [1.54, 1.807) is 14.2 Å². The minimum absolute atomic E-state index is 0.181. The average Bonchev–Trinajstić information content (AvgIpc) is 3.23. The number of anilines is 1. The van der Waals surface area contributed by atoms with Crippen molar-refractivity contribution in [3.8, 4) is 11.5 Å². The van der Waals surface area contributed by atoms with Crippen molar-refractivity contribution < 1.29 is 9.47 Å². The van der Waals surface area contributed by atoms with Crippen LogP contribution in [-0.4, -0.2) is 44.7 Å². The molecule has 1 fully saturated rings. The molecule has 3 N–H and O–H groups in total. The van der Waals surface area contributed by atoms with Gasteiger partial charge in [-0.25, -0.2) is 0 Å². The maximum Gasteiger partial charge on any atom is 0.193 e. The number of hydrogen-bond acceptors (Lipinski definition) is 4. The molecule has 6 heteroatoms. The standard InChI is InChI=1S/C21H28N4O2/c1-26-17-9-7-8-16(14-17)19(25-12-5-6-13-25)15-23-21(22)24-18-10-3-4-11-20(18)27-2/h3-4,7-11,14,19H,5-6,12-13,15H2,1-2H3,(H3,22,23,24). The second-order valence-corrected chi connectivity index (χ2v) is 6.59. The van der Waals surface area contributed by atoms with Crippen LogP contribution >= 0.6 is 0 Å². The highest BCUT2D eigenvalue weighted by molar-refractivity contribution is 5.93. The van der Waals surface area contributed by atoms with Crippen LogP contribution in [0.15, 0.2) is 53.5 Å². The Morgan fingerprint density at radius 3 is 2.63 bits per heavy atom. The van der Waals surface area contributed by atoms with Crippen molar-refractivity contribution in [1.29, 1.82) is 0 Å². The lowest BCUT2D eigenvalue weighted by atomic mass is 10.1. The second kappa shape index (κ2) is 9.28. The van der Waals surface area contributed by atoms with Crippen LogP contribution < -0.4 is 20.5 Å². The summed E-state index contributed by atoms with van der Waals surface area (Å²) >= 11 is 0. The van der Waals surface area contributed by atoms with Gasteiger partial charge in [0.1, 0.15) is 11.5 Å². The fourth-order valence-corrected chi connectivity index (χ4v) is 3.44. The van der Waals surface area contributed by atoms with Crippen molar-refractivity contribution in [1.82, 2.24) is 4.90 Å². The van der Waals surface area contributed by atoms with Crippen molar-refractivity contribution >= 4 is 11.6 Å². The first-order valence-electron chi connectivity index (χ1n) is 9.29. The Bertz CT molecular complexity index is 772. The van der Waals surface area contributed by atoms with Gasteiger partial charge in [-0.15, -0.1) is 0 Å². The molecule has 1 aliphatic heterocycles. The van der Waals surface area contributed by atoms with Crippen LogP contribution in [0.3, 0.4) is 0 Å². The zero-order chi connectivity index (χ0) is 19.1. The lowest BCUT2D eigenvalue weighted by molar-refractivity contribution is 0.251. The van der Waals surface area contributed by atoms with E-state index in [-0.39, 0.29) is 6.04 Å². The normalized spacial score (nSPS) is 16.1. The molecule has 0 bridgehead atoms. The fraction of sp³-hybridized carbons (Fsp3) is 0.381. The lowest BCUT2D eigenvalue weighted by Gasteiger charge is -2.27. The molecule has 1 saturated heterocycles. The minimum atomic E-state index is 0.181. The van der Waals surface area contributed by atoms with E-state index in [0.29, 0.717) is 12.5 Å². The maximum absolute atomic E-state index is 6.15. The third kappa shape index (κ3) is 4.92. The number of ether oxygens (including phenoxy) is 2. The van der Waals surface area contributed by atoms with E-state index in [1.165, 1.54) is 18.4 Å². The number of likely N-dealkylation sites (tertiary alicyclic amines) is 1. The van der Waals surface area contributed by atoms with E-state index in [4.69, 9.17) is 15.2 Å². The zero-order valence-electron chi connectivity index (χ0n) is 16.0. The molecule has 1 unspecified atom stereocenters. The van der Waals surface area contributed by atoms with Gasteiger partial charge in [-0.3, -0.25) is 9.89 Å². The Hall–Kier alpha value is -2.73. The molecule has 2 aromatic carbocycles. The molecule has 144 valence electrons. The van der Waals surface area contributed by atoms with E-state index in [0.717, 1.165) is 30.3 Å². The molecule has 3 rings (SSSR count). The second-order valence-electron chi connectivity index (χ2n) is 6.59. The number of methoxy groups -OCH3 is 2. The monoisotopic (exact) mass is 368 g/mol. The number of rotatable bonds is 7. The van der Waals surface area contributed by atoms with Gasteiger partial charge in [0.25, 0.3) is 0 Å². The van der Waals surface area contributed by atoms with Gasteiger partial charge < -0.3 is 20.5 Å². The smallest absolute Gasteiger partial charge is 0.193 e. The first kappa shape index (κ1) is 19.0. The molecule has 0 amide bonds. The molecule has 0 spiro atoms. The quantitative estimate of drug-likeness (QED) is 0.580. The number of nitrogens with zero attached hydrogens (tertiary/aromatic N) is 2. The van der Waals surface area contributed by atoms with Crippen molar-refractivity contribution in [2.75, 3.05) is 39.2 Å². The molecule has 1 aliphatic rings. The summed E-state index contributed by atoms with van der Waals surface area (Å²) in [5, 5.41) is 3.14. The summed E-state index contributed by atoms with van der Waals surface area (Å²) < 4.78 is 10.7. The number of aliphatic imine (C=N–C) groups is 1. The predicted molar refractivity (Wildman–Crippen MR) is 110 cm³/mol. The van der Waals surface area contributed by atoms with Crippen molar-refractivity contribution in [3.05, 3.63) is 54.1 Å². The summed E-state index contributed by atoms with van der Waals surface area (Å²) in [5.74, 6) is 1.98. The van der Waals surface area contributed by atoms with Crippen LogP contribution in [0, 0.1) is 0 Å². The number of benzene rings is 2. The molecule has 1 atom stereocenters. The maximum atomic E-state index is 6.15. The van der Waals surface area contributed by atoms with Gasteiger partial charge >= 0.3 is 0 Å². The number of guanidine groups is 1. The van der Waals surface area contributed by atoms with Crippen LogP contribution in [0.25, 0.3) is 0 Å². The van der Waals surface area contributed by atoms with Crippen LogP contribution in [0.2, 0.25) is 0 Å². The van der Waals surface area contributed by atoms with E-state index in [9.17, 15) is 0 Å². The molecular weight excluding hydrogens is 340 g/mol. The lowest BCUT2D eigenvalue weighted by Crippen LogP contribution is -2.30. The molecule has 0 radical (unpaired) electrons. The molecule has 1 heterocycles. The van der Waals surface area contributed by atoms with Crippen molar-refractivity contribution in [2.24, 2.45) is 10.7 Å². The SMILES string of the molecule is COc1cccc(C(CN=C(N)Nc2ccccc2OC)N2CCCC2)c1. The van der Waals surface area contributed by atoms with Crippen LogP contribution in [0.1, 0.15) is 24.4 Å². The summed E-state index contributed by atoms with van der Waals surface area (Å²) in [6, 6.07) is 16.0. The molecule has 27 heavy (non-hydrogen) atoms. The summed E-state index contributed by atoms with van der Waals surface area (Å²) in [4.78, 5) is 7.08. The minimum Gasteiger partial charge on any atom is -0.497 e. The number of hydrogen-bond donors (Lipinski definition) is 2. The number of nitrogens with two attached hydrogens (primary N) is 1. The Kier molecular flexibility index (Phi) is 6.54. The first-order chi connectivity index (χ1) is 13.2. The molecule has 0 aromatic heterocycles. The Morgan fingerprint density at radius 2 is 1.89 bits per heavy atom. The van der Waals surface area contributed by atoms with Crippen LogP contribution in [0.5, 0.6) is 11.5 Å². The van der Waals surface area contributed by atoms with Gasteiger partial charge in [0.15, 0.2) is 5.96 Å². The van der Waals surface area contributed by atoms with Gasteiger partial charge in [-0.2, -0.15) is 0 Å². The van der Waals surface area contributed by atoms with Gasteiger partial charge in [-0.1, -0.05) is 24.3 Å². The highest BCUT2D eigenvalue weighted by atomic mass is 16.5. The Morgan fingerprint density at radius 1 is 1.11 bits per heavy atom. The third-order valence-electron chi connectivity index (χ3n) is 4.86. The molecule has 6 nitrogen and oxygen atoms in total. The first-order valence-corrected chi connectivity index (χ1v) is 9.29. The topological polar surface area (TPSA) is 72.1 Å². The number of para-hydroxylation sites is 2.